The average molecular weight is 472 g/mol. The highest BCUT2D eigenvalue weighted by Gasteiger charge is 2.67. The summed E-state index contributed by atoms with van der Waals surface area (Å²) in [7, 11) is 3.95. The fraction of sp³-hybridized carbons (Fsp3) is 0.517. The predicted octanol–water partition coefficient (Wildman–Crippen LogP) is 3.65. The van der Waals surface area contributed by atoms with Crippen LogP contribution in [0.4, 0.5) is 0 Å². The van der Waals surface area contributed by atoms with E-state index in [-0.39, 0.29) is 17.1 Å². The van der Waals surface area contributed by atoms with E-state index in [0.29, 0.717) is 12.3 Å². The summed E-state index contributed by atoms with van der Waals surface area (Å²) < 4.78 is 7.23. The Labute approximate surface area is 206 Å². The van der Waals surface area contributed by atoms with Gasteiger partial charge in [0.15, 0.2) is 0 Å². The minimum absolute atomic E-state index is 0.0255. The van der Waals surface area contributed by atoms with Gasteiger partial charge >= 0.3 is 0 Å². The summed E-state index contributed by atoms with van der Waals surface area (Å²) in [5, 5.41) is 32.3. The van der Waals surface area contributed by atoms with Gasteiger partial charge in [0.2, 0.25) is 0 Å². The number of ether oxygens (including phenoxy) is 1. The first-order chi connectivity index (χ1) is 16.8. The Morgan fingerprint density at radius 1 is 1.06 bits per heavy atom. The highest BCUT2D eigenvalue weighted by molar-refractivity contribution is 5.86. The largest absolute Gasteiger partial charge is 0.388 e. The summed E-state index contributed by atoms with van der Waals surface area (Å²) in [5.74, 6) is 0.343. The summed E-state index contributed by atoms with van der Waals surface area (Å²) in [6.07, 6.45) is 13.4. The molecule has 2 fully saturated rings. The second-order valence-electron chi connectivity index (χ2n) is 11.8. The number of aliphatic hydroxyl groups is 2. The van der Waals surface area contributed by atoms with Gasteiger partial charge in [-0.25, -0.2) is 0 Å². The van der Waals surface area contributed by atoms with Gasteiger partial charge in [0.1, 0.15) is 6.10 Å². The van der Waals surface area contributed by atoms with Crippen molar-refractivity contribution in [2.45, 2.75) is 68.5 Å². The lowest BCUT2D eigenvalue weighted by atomic mass is 9.58. The lowest BCUT2D eigenvalue weighted by Gasteiger charge is -2.55. The van der Waals surface area contributed by atoms with Crippen LogP contribution in [0.2, 0.25) is 0 Å². The molecule has 2 N–H and O–H groups in total. The maximum atomic E-state index is 11.1. The van der Waals surface area contributed by atoms with Gasteiger partial charge in [-0.15, -0.1) is 0 Å². The lowest BCUT2D eigenvalue weighted by molar-refractivity contribution is -0.161. The maximum Gasteiger partial charge on any atom is 0.105 e. The third-order valence-corrected chi connectivity index (χ3v) is 9.95. The Bertz CT molecular complexity index is 1330. The molecule has 7 rings (SSSR count). The fourth-order valence-corrected chi connectivity index (χ4v) is 8.11. The van der Waals surface area contributed by atoms with Gasteiger partial charge in [-0.3, -0.25) is 0 Å². The van der Waals surface area contributed by atoms with Crippen LogP contribution in [0.25, 0.3) is 16.3 Å². The van der Waals surface area contributed by atoms with Crippen molar-refractivity contribution in [2.75, 3.05) is 14.1 Å². The second kappa shape index (κ2) is 7.10. The highest BCUT2D eigenvalue weighted by atomic mass is 16.5. The Balaban J connectivity index is 1.30. The van der Waals surface area contributed by atoms with E-state index in [1.807, 2.05) is 31.4 Å². The fourth-order valence-electron chi connectivity index (χ4n) is 8.11. The minimum atomic E-state index is -0.889. The number of aliphatic hydroxyl groups excluding tert-OH is 2. The van der Waals surface area contributed by atoms with Crippen LogP contribution in [-0.2, 0) is 4.74 Å². The molecule has 2 bridgehead atoms. The number of rotatable bonds is 2. The van der Waals surface area contributed by atoms with Crippen LogP contribution in [0, 0.1) is 11.3 Å². The lowest BCUT2D eigenvalue weighted by Crippen LogP contribution is -2.61. The van der Waals surface area contributed by atoms with E-state index in [2.05, 4.69) is 53.5 Å². The van der Waals surface area contributed by atoms with E-state index < -0.39 is 17.8 Å². The first kappa shape index (κ1) is 21.9. The zero-order chi connectivity index (χ0) is 24.2. The monoisotopic (exact) mass is 471 g/mol. The van der Waals surface area contributed by atoms with Crippen molar-refractivity contribution in [1.29, 1.82) is 0 Å². The summed E-state index contributed by atoms with van der Waals surface area (Å²) in [4.78, 5) is 2.03. The number of aromatic nitrogens is 2. The molecule has 5 aliphatic rings. The van der Waals surface area contributed by atoms with E-state index in [9.17, 15) is 10.2 Å². The second-order valence-corrected chi connectivity index (χ2v) is 11.8. The van der Waals surface area contributed by atoms with Crippen LogP contribution in [0.15, 0.2) is 60.0 Å². The molecular weight excluding hydrogens is 438 g/mol. The standard InChI is InChI=1S/C29H33N3O3/c1-27-9-8-20-13-22-25(33)26(34)23(32(2)3)14-28(22)10-11-29(20,35-28)24(27)7-6-21(27)17-4-5-18-15-30-31-16-19(18)12-17/h4-6,8,12-13,15-16,23-26,33-34H,7,9-11,14H2,1-3H3/t23-,24?,25+,26+,27+,28+,29+/m0/s1. The molecule has 6 heteroatoms. The first-order valence-corrected chi connectivity index (χ1v) is 12.8. The van der Waals surface area contributed by atoms with Crippen molar-refractivity contribution in [3.05, 3.63) is 65.5 Å². The molecule has 3 heterocycles. The number of hydrogen-bond donors (Lipinski definition) is 2. The van der Waals surface area contributed by atoms with Gasteiger partial charge in [0.25, 0.3) is 0 Å². The van der Waals surface area contributed by atoms with Crippen LogP contribution < -0.4 is 0 Å². The first-order valence-electron chi connectivity index (χ1n) is 12.8. The maximum absolute atomic E-state index is 11.1. The minimum Gasteiger partial charge on any atom is -0.388 e. The van der Waals surface area contributed by atoms with Crippen molar-refractivity contribution in [3.8, 4) is 0 Å². The smallest absolute Gasteiger partial charge is 0.105 e. The molecule has 2 aromatic rings. The number of fused-ring (bicyclic) bond motifs is 2. The van der Waals surface area contributed by atoms with Gasteiger partial charge in [-0.2, -0.15) is 10.2 Å². The zero-order valence-corrected chi connectivity index (χ0v) is 20.6. The Morgan fingerprint density at radius 3 is 2.66 bits per heavy atom. The van der Waals surface area contributed by atoms with Crippen molar-refractivity contribution < 1.29 is 14.9 Å². The highest BCUT2D eigenvalue weighted by Crippen LogP contribution is 2.67. The molecule has 1 aromatic carbocycles. The summed E-state index contributed by atoms with van der Waals surface area (Å²) in [5.41, 5.74) is 3.89. The molecule has 3 aliphatic carbocycles. The zero-order valence-electron chi connectivity index (χ0n) is 20.6. The number of benzene rings is 1. The van der Waals surface area contributed by atoms with E-state index >= 15 is 0 Å². The summed E-state index contributed by atoms with van der Waals surface area (Å²) >= 11 is 0. The number of hydrogen-bond acceptors (Lipinski definition) is 6. The molecular formula is C29H33N3O3. The topological polar surface area (TPSA) is 78.7 Å². The summed E-state index contributed by atoms with van der Waals surface area (Å²) in [6.45, 7) is 2.41. The van der Waals surface area contributed by atoms with Gasteiger partial charge < -0.3 is 19.8 Å². The molecule has 7 atom stereocenters. The third kappa shape index (κ3) is 2.74. The molecule has 1 saturated carbocycles. The van der Waals surface area contributed by atoms with Gasteiger partial charge in [0, 0.05) is 28.1 Å². The van der Waals surface area contributed by atoms with E-state index in [0.717, 1.165) is 42.0 Å². The number of allylic oxidation sites excluding steroid dienone is 3. The quantitative estimate of drug-likeness (QED) is 0.696. The van der Waals surface area contributed by atoms with Crippen molar-refractivity contribution in [2.24, 2.45) is 11.3 Å². The predicted molar refractivity (Wildman–Crippen MR) is 134 cm³/mol. The molecule has 0 radical (unpaired) electrons. The molecule has 6 nitrogen and oxygen atoms in total. The van der Waals surface area contributed by atoms with Crippen LogP contribution in [0.1, 0.15) is 44.6 Å². The van der Waals surface area contributed by atoms with E-state index in [1.165, 1.54) is 16.7 Å². The Hall–Kier alpha value is -2.38. The molecule has 2 aliphatic heterocycles. The van der Waals surface area contributed by atoms with Crippen molar-refractivity contribution >= 4 is 16.3 Å². The third-order valence-electron chi connectivity index (χ3n) is 9.95. The molecule has 35 heavy (non-hydrogen) atoms. The summed E-state index contributed by atoms with van der Waals surface area (Å²) in [6, 6.07) is 6.48. The van der Waals surface area contributed by atoms with Crippen LogP contribution in [0.3, 0.4) is 0 Å². The normalized spacial score (nSPS) is 41.7. The molecule has 1 unspecified atom stereocenters. The molecule has 1 saturated heterocycles. The Kier molecular flexibility index (Phi) is 4.44. The van der Waals surface area contributed by atoms with Gasteiger partial charge in [0.05, 0.1) is 29.7 Å². The van der Waals surface area contributed by atoms with Crippen LogP contribution >= 0.6 is 0 Å². The van der Waals surface area contributed by atoms with Gasteiger partial charge in [-0.1, -0.05) is 37.3 Å². The van der Waals surface area contributed by atoms with Crippen LogP contribution in [0.5, 0.6) is 0 Å². The average Bonchev–Trinajstić information content (AvgIpc) is 3.37. The SMILES string of the molecule is CN(C)[C@H]1C[C@@]23CC[C@@]4(O2)C(=CC[C@]2(C)C(c5ccc6cnncc6c5)=CCC24)C=C3[C@@H](O)[C@@H]1O. The molecule has 0 amide bonds. The van der Waals surface area contributed by atoms with Gasteiger partial charge in [-0.05, 0) is 74.5 Å². The Morgan fingerprint density at radius 2 is 1.86 bits per heavy atom. The molecule has 1 aromatic heterocycles. The molecule has 182 valence electrons. The number of likely N-dealkylation sites (N-methyl/N-ethyl adjacent to an activating group) is 1. The van der Waals surface area contributed by atoms with Crippen molar-refractivity contribution in [1.82, 2.24) is 15.1 Å². The molecule has 2 spiro atoms. The van der Waals surface area contributed by atoms with Crippen LogP contribution in [-0.4, -0.2) is 68.9 Å². The van der Waals surface area contributed by atoms with E-state index in [1.54, 1.807) is 0 Å². The number of nitrogens with zero attached hydrogens (tertiary/aromatic N) is 3. The van der Waals surface area contributed by atoms with Crippen molar-refractivity contribution in [3.63, 3.8) is 0 Å². The van der Waals surface area contributed by atoms with E-state index in [4.69, 9.17) is 4.74 Å².